The third-order valence-corrected chi connectivity index (χ3v) is 4.62. The summed E-state index contributed by atoms with van der Waals surface area (Å²) in [6.45, 7) is 6.16. The first kappa shape index (κ1) is 15.6. The zero-order valence-corrected chi connectivity index (χ0v) is 14.0. The molecule has 5 heteroatoms. The lowest BCUT2D eigenvalue weighted by molar-refractivity contribution is -0.117. The van der Waals surface area contributed by atoms with Crippen molar-refractivity contribution >= 4 is 12.0 Å². The van der Waals surface area contributed by atoms with Crippen LogP contribution in [0.5, 0.6) is 0 Å². The molecule has 3 rings (SSSR count). The van der Waals surface area contributed by atoms with Gasteiger partial charge in [0, 0.05) is 30.3 Å². The van der Waals surface area contributed by atoms with Crippen molar-refractivity contribution in [2.24, 2.45) is 13.0 Å². The number of amides is 1. The number of carbonyl (C=O) groups excluding carboxylic acids is 1. The topological polar surface area (TPSA) is 60.1 Å². The number of rotatable bonds is 5. The number of carbonyl (C=O) groups is 1. The lowest BCUT2D eigenvalue weighted by atomic mass is 10.1. The summed E-state index contributed by atoms with van der Waals surface area (Å²) in [7, 11) is 1.89. The molecule has 0 aliphatic heterocycles. The first-order valence-corrected chi connectivity index (χ1v) is 8.02. The van der Waals surface area contributed by atoms with Crippen molar-refractivity contribution in [2.75, 3.05) is 0 Å². The number of hydrogen-bond acceptors (Lipinski definition) is 3. The van der Waals surface area contributed by atoms with Crippen LogP contribution >= 0.6 is 0 Å². The number of nitrogens with zero attached hydrogens (tertiary/aromatic N) is 2. The predicted octanol–water partition coefficient (Wildman–Crippen LogP) is 3.34. The SMILES string of the molecule is Cc1c(C(C)NC(=O)C=Cc2ccc(C3CC3C)o2)cnn1C. The molecule has 0 bridgehead atoms. The van der Waals surface area contributed by atoms with Crippen LogP contribution in [-0.2, 0) is 11.8 Å². The molecule has 0 saturated heterocycles. The minimum atomic E-state index is -0.140. The summed E-state index contributed by atoms with van der Waals surface area (Å²) in [6.07, 6.45) is 6.22. The molecule has 5 nitrogen and oxygen atoms in total. The molecule has 0 spiro atoms. The van der Waals surface area contributed by atoms with Gasteiger partial charge in [-0.3, -0.25) is 9.48 Å². The van der Waals surface area contributed by atoms with Crippen molar-refractivity contribution in [3.63, 3.8) is 0 Å². The summed E-state index contributed by atoms with van der Waals surface area (Å²) >= 11 is 0. The monoisotopic (exact) mass is 313 g/mol. The minimum Gasteiger partial charge on any atom is -0.461 e. The van der Waals surface area contributed by atoms with Crippen molar-refractivity contribution in [1.82, 2.24) is 15.1 Å². The Hall–Kier alpha value is -2.30. The van der Waals surface area contributed by atoms with E-state index in [0.29, 0.717) is 11.8 Å². The van der Waals surface area contributed by atoms with Gasteiger partial charge < -0.3 is 9.73 Å². The largest absolute Gasteiger partial charge is 0.461 e. The first-order chi connectivity index (χ1) is 11.0. The van der Waals surface area contributed by atoms with E-state index in [1.807, 2.05) is 33.0 Å². The second kappa shape index (κ2) is 6.07. The van der Waals surface area contributed by atoms with Gasteiger partial charge in [-0.05, 0) is 44.4 Å². The maximum atomic E-state index is 12.1. The summed E-state index contributed by atoms with van der Waals surface area (Å²) in [5.41, 5.74) is 2.08. The molecule has 3 unspecified atom stereocenters. The zero-order chi connectivity index (χ0) is 16.6. The lowest BCUT2D eigenvalue weighted by Crippen LogP contribution is -2.24. The Labute approximate surface area is 136 Å². The normalized spacial score (nSPS) is 21.6. The maximum Gasteiger partial charge on any atom is 0.244 e. The minimum absolute atomic E-state index is 0.0830. The van der Waals surface area contributed by atoms with Crippen molar-refractivity contribution in [2.45, 2.75) is 39.2 Å². The molecule has 0 aromatic carbocycles. The fraction of sp³-hybridized carbons (Fsp3) is 0.444. The van der Waals surface area contributed by atoms with Gasteiger partial charge in [-0.25, -0.2) is 0 Å². The summed E-state index contributed by atoms with van der Waals surface area (Å²) in [5, 5.41) is 7.15. The van der Waals surface area contributed by atoms with E-state index in [1.165, 1.54) is 12.5 Å². The molecule has 1 amide bonds. The molecule has 1 aliphatic carbocycles. The van der Waals surface area contributed by atoms with Crippen LogP contribution < -0.4 is 5.32 Å². The van der Waals surface area contributed by atoms with E-state index in [1.54, 1.807) is 17.0 Å². The van der Waals surface area contributed by atoms with Gasteiger partial charge in [0.25, 0.3) is 0 Å². The van der Waals surface area contributed by atoms with Gasteiger partial charge in [-0.15, -0.1) is 0 Å². The third kappa shape index (κ3) is 3.38. The predicted molar refractivity (Wildman–Crippen MR) is 88.8 cm³/mol. The smallest absolute Gasteiger partial charge is 0.244 e. The highest BCUT2D eigenvalue weighted by molar-refractivity contribution is 5.91. The highest BCUT2D eigenvalue weighted by Gasteiger charge is 2.36. The van der Waals surface area contributed by atoms with E-state index in [9.17, 15) is 4.79 Å². The standard InChI is InChI=1S/C18H23N3O2/c1-11-9-15(11)17-7-5-14(23-17)6-8-18(22)20-12(2)16-10-19-21(4)13(16)3/h5-8,10-12,15H,9H2,1-4H3,(H,20,22). The van der Waals surface area contributed by atoms with Crippen LogP contribution in [0.25, 0.3) is 6.08 Å². The quantitative estimate of drug-likeness (QED) is 0.861. The highest BCUT2D eigenvalue weighted by Crippen LogP contribution is 2.47. The van der Waals surface area contributed by atoms with E-state index < -0.39 is 0 Å². The molecule has 0 radical (unpaired) electrons. The van der Waals surface area contributed by atoms with Gasteiger partial charge in [0.15, 0.2) is 0 Å². The van der Waals surface area contributed by atoms with Gasteiger partial charge >= 0.3 is 0 Å². The fourth-order valence-electron chi connectivity index (χ4n) is 2.81. The van der Waals surface area contributed by atoms with E-state index in [-0.39, 0.29) is 11.9 Å². The summed E-state index contributed by atoms with van der Waals surface area (Å²) in [4.78, 5) is 12.1. The van der Waals surface area contributed by atoms with Crippen LogP contribution in [0.2, 0.25) is 0 Å². The summed E-state index contributed by atoms with van der Waals surface area (Å²) < 4.78 is 7.56. The second-order valence-electron chi connectivity index (χ2n) is 6.43. The average Bonchev–Trinajstić information content (AvgIpc) is 2.93. The summed E-state index contributed by atoms with van der Waals surface area (Å²) in [6, 6.07) is 3.84. The molecule has 1 aliphatic rings. The van der Waals surface area contributed by atoms with Crippen LogP contribution in [0, 0.1) is 12.8 Å². The number of furan rings is 1. The molecule has 2 heterocycles. The molecule has 3 atom stereocenters. The Morgan fingerprint density at radius 3 is 2.87 bits per heavy atom. The van der Waals surface area contributed by atoms with Crippen molar-refractivity contribution in [1.29, 1.82) is 0 Å². The van der Waals surface area contributed by atoms with Crippen molar-refractivity contribution < 1.29 is 9.21 Å². The first-order valence-electron chi connectivity index (χ1n) is 8.02. The third-order valence-electron chi connectivity index (χ3n) is 4.62. The molecule has 1 N–H and O–H groups in total. The maximum absolute atomic E-state index is 12.1. The Bertz CT molecular complexity index is 741. The Kier molecular flexibility index (Phi) is 4.11. The number of aryl methyl sites for hydroxylation is 1. The molecule has 1 saturated carbocycles. The number of hydrogen-bond donors (Lipinski definition) is 1. The molecule has 1 fully saturated rings. The van der Waals surface area contributed by atoms with Gasteiger partial charge in [0.05, 0.1) is 12.2 Å². The van der Waals surface area contributed by atoms with E-state index in [4.69, 9.17) is 4.42 Å². The van der Waals surface area contributed by atoms with Gasteiger partial charge in [0.2, 0.25) is 5.91 Å². The Morgan fingerprint density at radius 1 is 1.52 bits per heavy atom. The van der Waals surface area contributed by atoms with Crippen molar-refractivity contribution in [3.8, 4) is 0 Å². The van der Waals surface area contributed by atoms with Gasteiger partial charge in [-0.2, -0.15) is 5.10 Å². The Morgan fingerprint density at radius 2 is 2.26 bits per heavy atom. The Balaban J connectivity index is 1.58. The van der Waals surface area contributed by atoms with Crippen LogP contribution in [0.4, 0.5) is 0 Å². The summed E-state index contributed by atoms with van der Waals surface area (Å²) in [5.74, 6) is 2.87. The average molecular weight is 313 g/mol. The lowest BCUT2D eigenvalue weighted by Gasteiger charge is -2.11. The van der Waals surface area contributed by atoms with Gasteiger partial charge in [-0.1, -0.05) is 6.92 Å². The van der Waals surface area contributed by atoms with E-state index >= 15 is 0 Å². The fourth-order valence-corrected chi connectivity index (χ4v) is 2.81. The van der Waals surface area contributed by atoms with Crippen LogP contribution in [0.15, 0.2) is 28.8 Å². The molecular weight excluding hydrogens is 290 g/mol. The van der Waals surface area contributed by atoms with Crippen LogP contribution in [0.1, 0.15) is 55.0 Å². The zero-order valence-electron chi connectivity index (χ0n) is 14.0. The van der Waals surface area contributed by atoms with E-state index in [0.717, 1.165) is 22.8 Å². The van der Waals surface area contributed by atoms with E-state index in [2.05, 4.69) is 17.3 Å². The molecule has 23 heavy (non-hydrogen) atoms. The van der Waals surface area contributed by atoms with Crippen LogP contribution in [-0.4, -0.2) is 15.7 Å². The number of nitrogens with one attached hydrogen (secondary N) is 1. The molecule has 122 valence electrons. The van der Waals surface area contributed by atoms with Crippen molar-refractivity contribution in [3.05, 3.63) is 47.2 Å². The molecule has 2 aromatic heterocycles. The molecular formula is C18H23N3O2. The van der Waals surface area contributed by atoms with Gasteiger partial charge in [0.1, 0.15) is 11.5 Å². The highest BCUT2D eigenvalue weighted by atomic mass is 16.3. The second-order valence-corrected chi connectivity index (χ2v) is 6.43. The molecule has 2 aromatic rings. The van der Waals surface area contributed by atoms with Crippen LogP contribution in [0.3, 0.4) is 0 Å². The number of aromatic nitrogens is 2.